The number of rotatable bonds is 1. The van der Waals surface area contributed by atoms with E-state index in [1.165, 1.54) is 0 Å². The Balaban J connectivity index is 2.14. The molecule has 3 heteroatoms. The predicted octanol–water partition coefficient (Wildman–Crippen LogP) is -1.08. The molecule has 1 heterocycles. The first-order valence-electron chi connectivity index (χ1n) is 2.36. The summed E-state index contributed by atoms with van der Waals surface area (Å²) < 4.78 is 4.94. The zero-order valence-corrected chi connectivity index (χ0v) is 4.05. The molecule has 0 aliphatic carbocycles. The molecule has 1 fully saturated rings. The van der Waals surface area contributed by atoms with Gasteiger partial charge >= 0.3 is 0 Å². The summed E-state index contributed by atoms with van der Waals surface area (Å²) in [7, 11) is 0. The summed E-state index contributed by atoms with van der Waals surface area (Å²) in [6, 6.07) is 0. The van der Waals surface area contributed by atoms with Crippen molar-refractivity contribution in [2.75, 3.05) is 19.9 Å². The SMILES string of the molecule is OC[C@H]1CNCO1. The number of hydrogen-bond acceptors (Lipinski definition) is 3. The third-order valence-corrected chi connectivity index (χ3v) is 0.997. The summed E-state index contributed by atoms with van der Waals surface area (Å²) >= 11 is 0. The van der Waals surface area contributed by atoms with Gasteiger partial charge in [-0.15, -0.1) is 0 Å². The van der Waals surface area contributed by atoms with Gasteiger partial charge in [0.25, 0.3) is 0 Å². The van der Waals surface area contributed by atoms with Crippen LogP contribution in [0, 0.1) is 0 Å². The van der Waals surface area contributed by atoms with Crippen LogP contribution in [0.1, 0.15) is 0 Å². The lowest BCUT2D eigenvalue weighted by Crippen LogP contribution is -2.17. The van der Waals surface area contributed by atoms with Gasteiger partial charge in [0.1, 0.15) is 0 Å². The quantitative estimate of drug-likeness (QED) is 0.444. The van der Waals surface area contributed by atoms with Crippen molar-refractivity contribution in [2.24, 2.45) is 0 Å². The normalized spacial score (nSPS) is 31.3. The first kappa shape index (κ1) is 5.03. The van der Waals surface area contributed by atoms with Crippen molar-refractivity contribution in [1.29, 1.82) is 0 Å². The molecule has 0 bridgehead atoms. The molecule has 0 spiro atoms. The van der Waals surface area contributed by atoms with Gasteiger partial charge in [-0.05, 0) is 0 Å². The lowest BCUT2D eigenvalue weighted by Gasteiger charge is -1.99. The smallest absolute Gasteiger partial charge is 0.0971 e. The van der Waals surface area contributed by atoms with Crippen molar-refractivity contribution in [1.82, 2.24) is 5.32 Å². The molecule has 0 unspecified atom stereocenters. The van der Waals surface area contributed by atoms with E-state index in [0.717, 1.165) is 6.54 Å². The van der Waals surface area contributed by atoms with Crippen LogP contribution in [0.15, 0.2) is 0 Å². The second kappa shape index (κ2) is 2.26. The van der Waals surface area contributed by atoms with Crippen molar-refractivity contribution in [2.45, 2.75) is 6.10 Å². The Morgan fingerprint density at radius 2 is 2.71 bits per heavy atom. The lowest BCUT2D eigenvalue weighted by atomic mass is 10.4. The van der Waals surface area contributed by atoms with Gasteiger partial charge in [0.15, 0.2) is 0 Å². The van der Waals surface area contributed by atoms with E-state index in [2.05, 4.69) is 5.32 Å². The molecule has 0 amide bonds. The topological polar surface area (TPSA) is 41.5 Å². The summed E-state index contributed by atoms with van der Waals surface area (Å²) in [5, 5.41) is 11.3. The highest BCUT2D eigenvalue weighted by Crippen LogP contribution is 1.92. The monoisotopic (exact) mass is 103 g/mol. The molecular weight excluding hydrogens is 94.0 g/mol. The zero-order valence-electron chi connectivity index (χ0n) is 4.05. The molecule has 42 valence electrons. The first-order valence-corrected chi connectivity index (χ1v) is 2.36. The van der Waals surface area contributed by atoms with Crippen LogP contribution in [-0.2, 0) is 4.74 Å². The maximum Gasteiger partial charge on any atom is 0.0971 e. The highest BCUT2D eigenvalue weighted by atomic mass is 16.5. The van der Waals surface area contributed by atoms with Crippen LogP contribution in [0.25, 0.3) is 0 Å². The Kier molecular flexibility index (Phi) is 1.62. The van der Waals surface area contributed by atoms with Crippen molar-refractivity contribution in [3.63, 3.8) is 0 Å². The van der Waals surface area contributed by atoms with Crippen LogP contribution in [0.3, 0.4) is 0 Å². The molecule has 1 rings (SSSR count). The molecule has 0 radical (unpaired) electrons. The fourth-order valence-electron chi connectivity index (χ4n) is 0.573. The van der Waals surface area contributed by atoms with E-state index in [-0.39, 0.29) is 12.7 Å². The van der Waals surface area contributed by atoms with E-state index in [1.807, 2.05) is 0 Å². The van der Waals surface area contributed by atoms with E-state index in [4.69, 9.17) is 9.84 Å². The summed E-state index contributed by atoms with van der Waals surface area (Å²) in [5.41, 5.74) is 0. The highest BCUT2D eigenvalue weighted by molar-refractivity contribution is 4.62. The maximum absolute atomic E-state index is 8.40. The summed E-state index contributed by atoms with van der Waals surface area (Å²) in [5.74, 6) is 0. The molecular formula is C4H9NO2. The number of aliphatic hydroxyl groups excluding tert-OH is 1. The molecule has 0 aromatic heterocycles. The van der Waals surface area contributed by atoms with Crippen LogP contribution in [0.4, 0.5) is 0 Å². The van der Waals surface area contributed by atoms with E-state index in [1.54, 1.807) is 0 Å². The van der Waals surface area contributed by atoms with E-state index < -0.39 is 0 Å². The fourth-order valence-corrected chi connectivity index (χ4v) is 0.573. The zero-order chi connectivity index (χ0) is 5.11. The van der Waals surface area contributed by atoms with E-state index in [9.17, 15) is 0 Å². The largest absolute Gasteiger partial charge is 0.394 e. The molecule has 1 aliphatic rings. The first-order chi connectivity index (χ1) is 3.43. The van der Waals surface area contributed by atoms with Crippen molar-refractivity contribution >= 4 is 0 Å². The van der Waals surface area contributed by atoms with Crippen LogP contribution >= 0.6 is 0 Å². The minimum atomic E-state index is 0.0417. The third-order valence-electron chi connectivity index (χ3n) is 0.997. The Morgan fingerprint density at radius 1 is 1.86 bits per heavy atom. The van der Waals surface area contributed by atoms with Crippen molar-refractivity contribution in [3.8, 4) is 0 Å². The van der Waals surface area contributed by atoms with Crippen LogP contribution in [-0.4, -0.2) is 31.1 Å². The third kappa shape index (κ3) is 1.12. The summed E-state index contributed by atoms with van der Waals surface area (Å²) in [4.78, 5) is 0. The lowest BCUT2D eigenvalue weighted by molar-refractivity contribution is 0.0630. The molecule has 1 atom stereocenters. The van der Waals surface area contributed by atoms with Crippen molar-refractivity contribution < 1.29 is 9.84 Å². The van der Waals surface area contributed by atoms with Crippen molar-refractivity contribution in [3.05, 3.63) is 0 Å². The van der Waals surface area contributed by atoms with Gasteiger partial charge in [-0.25, -0.2) is 0 Å². The number of ether oxygens (including phenoxy) is 1. The minimum Gasteiger partial charge on any atom is -0.394 e. The van der Waals surface area contributed by atoms with Gasteiger partial charge in [0.2, 0.25) is 0 Å². The molecule has 3 nitrogen and oxygen atoms in total. The molecule has 0 aromatic carbocycles. The summed E-state index contributed by atoms with van der Waals surface area (Å²) in [6.07, 6.45) is 0.0417. The molecule has 7 heavy (non-hydrogen) atoms. The number of nitrogens with one attached hydrogen (secondary N) is 1. The second-order valence-corrected chi connectivity index (χ2v) is 1.57. The Bertz CT molecular complexity index is 51.7. The van der Waals surface area contributed by atoms with E-state index >= 15 is 0 Å². The molecule has 2 N–H and O–H groups in total. The van der Waals surface area contributed by atoms with Gasteiger partial charge in [-0.3, -0.25) is 5.32 Å². The summed E-state index contributed by atoms with van der Waals surface area (Å²) in [6.45, 7) is 1.51. The van der Waals surface area contributed by atoms with Gasteiger partial charge in [0, 0.05) is 6.54 Å². The average Bonchev–Trinajstić information content (AvgIpc) is 2.14. The standard InChI is InChI=1S/C4H9NO2/c6-2-4-1-5-3-7-4/h4-6H,1-3H2/t4-/m1/s1. The molecule has 0 aromatic rings. The maximum atomic E-state index is 8.40. The Hall–Kier alpha value is -0.120. The van der Waals surface area contributed by atoms with Gasteiger partial charge < -0.3 is 9.84 Å². The molecule has 1 aliphatic heterocycles. The highest BCUT2D eigenvalue weighted by Gasteiger charge is 2.11. The van der Waals surface area contributed by atoms with Gasteiger partial charge in [-0.1, -0.05) is 0 Å². The van der Waals surface area contributed by atoms with Crippen LogP contribution in [0.2, 0.25) is 0 Å². The number of aliphatic hydroxyl groups is 1. The Morgan fingerprint density at radius 3 is 3.00 bits per heavy atom. The van der Waals surface area contributed by atoms with Crippen LogP contribution in [0.5, 0.6) is 0 Å². The average molecular weight is 103 g/mol. The predicted molar refractivity (Wildman–Crippen MR) is 24.8 cm³/mol. The fraction of sp³-hybridized carbons (Fsp3) is 1.00. The van der Waals surface area contributed by atoms with Crippen LogP contribution < -0.4 is 5.32 Å². The second-order valence-electron chi connectivity index (χ2n) is 1.57. The van der Waals surface area contributed by atoms with E-state index in [0.29, 0.717) is 6.73 Å². The molecule has 1 saturated heterocycles. The number of hydrogen-bond donors (Lipinski definition) is 2. The van der Waals surface area contributed by atoms with Gasteiger partial charge in [0.05, 0.1) is 19.4 Å². The minimum absolute atomic E-state index is 0.0417. The van der Waals surface area contributed by atoms with Gasteiger partial charge in [-0.2, -0.15) is 0 Å². The Labute approximate surface area is 42.3 Å². The molecule has 0 saturated carbocycles.